The lowest BCUT2D eigenvalue weighted by Crippen LogP contribution is -2.48. The molecule has 1 saturated heterocycles. The first-order valence-corrected chi connectivity index (χ1v) is 10.9. The summed E-state index contributed by atoms with van der Waals surface area (Å²) >= 11 is 0. The predicted molar refractivity (Wildman–Crippen MR) is 122 cm³/mol. The highest BCUT2D eigenvalue weighted by molar-refractivity contribution is 5.96. The summed E-state index contributed by atoms with van der Waals surface area (Å²) in [5, 5.41) is 19.3. The third-order valence-corrected chi connectivity index (χ3v) is 5.20. The number of rotatable bonds is 8. The van der Waals surface area contributed by atoms with Crippen LogP contribution in [0.5, 0.6) is 5.75 Å². The van der Waals surface area contributed by atoms with Crippen LogP contribution in [0, 0.1) is 0 Å². The first kappa shape index (κ1) is 22.6. The van der Waals surface area contributed by atoms with Crippen molar-refractivity contribution in [2.75, 3.05) is 32.7 Å². The Labute approximate surface area is 183 Å². The van der Waals surface area contributed by atoms with Crippen LogP contribution in [0.3, 0.4) is 0 Å². The van der Waals surface area contributed by atoms with Gasteiger partial charge in [0.15, 0.2) is 5.96 Å². The standard InChI is InChI=1S/C23H32N6O2/c1-2-24-23(27-14-13-26-22(31)20-8-3-4-9-21(20)30)28-18-10-15-29(16-11-18)17-19-7-5-6-12-25-19/h3-9,12,18,30H,2,10-11,13-17H2,1H3,(H,26,31)(H2,24,27,28). The van der Waals surface area contributed by atoms with E-state index in [0.717, 1.165) is 50.7 Å². The van der Waals surface area contributed by atoms with Crippen molar-refractivity contribution in [1.29, 1.82) is 0 Å². The summed E-state index contributed by atoms with van der Waals surface area (Å²) < 4.78 is 0. The Morgan fingerprint density at radius 2 is 1.94 bits per heavy atom. The molecule has 0 radical (unpaired) electrons. The number of phenolic OH excluding ortho intramolecular Hbond substituents is 1. The Kier molecular flexibility index (Phi) is 8.66. The molecule has 166 valence electrons. The van der Waals surface area contributed by atoms with Crippen LogP contribution < -0.4 is 16.0 Å². The molecule has 8 heteroatoms. The van der Waals surface area contributed by atoms with E-state index in [-0.39, 0.29) is 17.2 Å². The van der Waals surface area contributed by atoms with Gasteiger partial charge in [-0.2, -0.15) is 0 Å². The number of hydrogen-bond donors (Lipinski definition) is 4. The number of aliphatic imine (C=N–C) groups is 1. The molecule has 0 bridgehead atoms. The smallest absolute Gasteiger partial charge is 0.255 e. The lowest BCUT2D eigenvalue weighted by Gasteiger charge is -2.32. The quantitative estimate of drug-likeness (QED) is 0.293. The summed E-state index contributed by atoms with van der Waals surface area (Å²) in [4.78, 5) is 23.6. The van der Waals surface area contributed by atoms with Crippen molar-refractivity contribution in [2.24, 2.45) is 4.99 Å². The average molecular weight is 425 g/mol. The van der Waals surface area contributed by atoms with Gasteiger partial charge in [-0.05, 0) is 44.0 Å². The highest BCUT2D eigenvalue weighted by atomic mass is 16.3. The van der Waals surface area contributed by atoms with Gasteiger partial charge in [0.1, 0.15) is 5.75 Å². The number of piperidine rings is 1. The lowest BCUT2D eigenvalue weighted by molar-refractivity contribution is 0.0952. The first-order chi connectivity index (χ1) is 15.2. The molecule has 1 fully saturated rings. The zero-order valence-electron chi connectivity index (χ0n) is 18.1. The summed E-state index contributed by atoms with van der Waals surface area (Å²) in [6, 6.07) is 12.9. The summed E-state index contributed by atoms with van der Waals surface area (Å²) in [6.07, 6.45) is 3.93. The number of amides is 1. The molecule has 3 rings (SSSR count). The van der Waals surface area contributed by atoms with Crippen LogP contribution in [-0.2, 0) is 6.54 Å². The minimum atomic E-state index is -0.300. The monoisotopic (exact) mass is 424 g/mol. The van der Waals surface area contributed by atoms with Gasteiger partial charge in [0.25, 0.3) is 5.91 Å². The maximum Gasteiger partial charge on any atom is 0.255 e. The molecule has 31 heavy (non-hydrogen) atoms. The molecule has 2 heterocycles. The van der Waals surface area contributed by atoms with Crippen LogP contribution in [0.1, 0.15) is 35.8 Å². The number of aromatic nitrogens is 1. The van der Waals surface area contributed by atoms with Gasteiger partial charge >= 0.3 is 0 Å². The van der Waals surface area contributed by atoms with E-state index in [1.807, 2.05) is 25.3 Å². The van der Waals surface area contributed by atoms with E-state index in [0.29, 0.717) is 19.1 Å². The molecular formula is C23H32N6O2. The van der Waals surface area contributed by atoms with Gasteiger partial charge in [-0.15, -0.1) is 0 Å². The zero-order chi connectivity index (χ0) is 21.9. The van der Waals surface area contributed by atoms with Gasteiger partial charge in [0, 0.05) is 45.0 Å². The topological polar surface area (TPSA) is 102 Å². The van der Waals surface area contributed by atoms with Crippen molar-refractivity contribution in [2.45, 2.75) is 32.4 Å². The Morgan fingerprint density at radius 1 is 1.16 bits per heavy atom. The highest BCUT2D eigenvalue weighted by Crippen LogP contribution is 2.15. The van der Waals surface area contributed by atoms with Crippen LogP contribution in [0.4, 0.5) is 0 Å². The van der Waals surface area contributed by atoms with E-state index in [1.54, 1.807) is 18.2 Å². The normalized spacial score (nSPS) is 15.5. The van der Waals surface area contributed by atoms with E-state index >= 15 is 0 Å². The lowest BCUT2D eigenvalue weighted by atomic mass is 10.0. The molecule has 0 saturated carbocycles. The molecule has 1 amide bonds. The molecule has 0 unspecified atom stereocenters. The van der Waals surface area contributed by atoms with Crippen LogP contribution in [-0.4, -0.2) is 65.6 Å². The number of phenols is 1. The number of nitrogens with one attached hydrogen (secondary N) is 3. The molecule has 0 atom stereocenters. The maximum atomic E-state index is 12.2. The molecular weight excluding hydrogens is 392 g/mol. The second-order valence-electron chi connectivity index (χ2n) is 7.55. The minimum Gasteiger partial charge on any atom is -0.507 e. The second kappa shape index (κ2) is 11.9. The van der Waals surface area contributed by atoms with Gasteiger partial charge in [-0.1, -0.05) is 18.2 Å². The predicted octanol–water partition coefficient (Wildman–Crippen LogP) is 1.74. The van der Waals surface area contributed by atoms with Crippen LogP contribution in [0.15, 0.2) is 53.7 Å². The van der Waals surface area contributed by atoms with Crippen LogP contribution in [0.2, 0.25) is 0 Å². The van der Waals surface area contributed by atoms with E-state index in [9.17, 15) is 9.90 Å². The van der Waals surface area contributed by atoms with E-state index < -0.39 is 0 Å². The number of benzene rings is 1. The number of carbonyl (C=O) groups is 1. The number of guanidine groups is 1. The first-order valence-electron chi connectivity index (χ1n) is 10.9. The third kappa shape index (κ3) is 7.25. The van der Waals surface area contributed by atoms with Crippen molar-refractivity contribution in [3.8, 4) is 5.75 Å². The van der Waals surface area contributed by atoms with Gasteiger partial charge in [-0.25, -0.2) is 0 Å². The van der Waals surface area contributed by atoms with Crippen molar-refractivity contribution >= 4 is 11.9 Å². The van der Waals surface area contributed by atoms with E-state index in [1.165, 1.54) is 6.07 Å². The summed E-state index contributed by atoms with van der Waals surface area (Å²) in [5.41, 5.74) is 1.38. The number of aromatic hydroxyl groups is 1. The minimum absolute atomic E-state index is 0.0205. The van der Waals surface area contributed by atoms with E-state index in [4.69, 9.17) is 0 Å². The van der Waals surface area contributed by atoms with Crippen LogP contribution >= 0.6 is 0 Å². The number of nitrogens with zero attached hydrogens (tertiary/aromatic N) is 3. The molecule has 4 N–H and O–H groups in total. The Bertz CT molecular complexity index is 850. The number of likely N-dealkylation sites (tertiary alicyclic amines) is 1. The summed E-state index contributed by atoms with van der Waals surface area (Å²) in [6.45, 7) is 6.58. The van der Waals surface area contributed by atoms with E-state index in [2.05, 4.69) is 36.9 Å². The van der Waals surface area contributed by atoms with Crippen molar-refractivity contribution in [1.82, 2.24) is 25.8 Å². The molecule has 0 aliphatic carbocycles. The highest BCUT2D eigenvalue weighted by Gasteiger charge is 2.20. The largest absolute Gasteiger partial charge is 0.507 e. The number of hydrogen-bond acceptors (Lipinski definition) is 5. The Balaban J connectivity index is 1.41. The fourth-order valence-corrected chi connectivity index (χ4v) is 3.57. The average Bonchev–Trinajstić information content (AvgIpc) is 2.79. The Hall–Kier alpha value is -3.13. The number of pyridine rings is 1. The maximum absolute atomic E-state index is 12.2. The summed E-state index contributed by atoms with van der Waals surface area (Å²) in [5.74, 6) is 0.446. The van der Waals surface area contributed by atoms with Gasteiger partial charge in [-0.3, -0.25) is 19.7 Å². The molecule has 1 aliphatic heterocycles. The molecule has 2 aromatic rings. The third-order valence-electron chi connectivity index (χ3n) is 5.20. The number of para-hydroxylation sites is 1. The van der Waals surface area contributed by atoms with Crippen molar-refractivity contribution < 1.29 is 9.90 Å². The van der Waals surface area contributed by atoms with Crippen molar-refractivity contribution in [3.05, 3.63) is 59.9 Å². The molecule has 1 aromatic carbocycles. The van der Waals surface area contributed by atoms with Crippen LogP contribution in [0.25, 0.3) is 0 Å². The number of carbonyl (C=O) groups excluding carboxylic acids is 1. The fraction of sp³-hybridized carbons (Fsp3) is 0.435. The van der Waals surface area contributed by atoms with Gasteiger partial charge < -0.3 is 21.1 Å². The summed E-state index contributed by atoms with van der Waals surface area (Å²) in [7, 11) is 0. The SMILES string of the molecule is CCNC(=NCCNC(=O)c1ccccc1O)NC1CCN(Cc2ccccn2)CC1. The van der Waals surface area contributed by atoms with Crippen molar-refractivity contribution in [3.63, 3.8) is 0 Å². The fourth-order valence-electron chi connectivity index (χ4n) is 3.57. The zero-order valence-corrected chi connectivity index (χ0v) is 18.1. The molecule has 0 spiro atoms. The molecule has 1 aromatic heterocycles. The Morgan fingerprint density at radius 3 is 2.65 bits per heavy atom. The molecule has 8 nitrogen and oxygen atoms in total. The molecule has 1 aliphatic rings. The second-order valence-corrected chi connectivity index (χ2v) is 7.55. The van der Waals surface area contributed by atoms with Gasteiger partial charge in [0.2, 0.25) is 0 Å². The van der Waals surface area contributed by atoms with Gasteiger partial charge in [0.05, 0.1) is 17.8 Å².